The molecule has 0 radical (unpaired) electrons. The maximum absolute atomic E-state index is 12.5. The molecule has 1 spiro atoms. The van der Waals surface area contributed by atoms with E-state index < -0.39 is 0 Å². The van der Waals surface area contributed by atoms with Gasteiger partial charge in [0.15, 0.2) is 0 Å². The number of rotatable bonds is 4. The third kappa shape index (κ3) is 2.94. The van der Waals surface area contributed by atoms with Gasteiger partial charge in [-0.1, -0.05) is 19.3 Å². The summed E-state index contributed by atoms with van der Waals surface area (Å²) >= 11 is 0. The van der Waals surface area contributed by atoms with Crippen LogP contribution in [0.25, 0.3) is 0 Å². The molecule has 2 saturated carbocycles. The first-order valence-corrected chi connectivity index (χ1v) is 8.69. The number of aromatic amines is 1. The predicted molar refractivity (Wildman–Crippen MR) is 88.6 cm³/mol. The van der Waals surface area contributed by atoms with Gasteiger partial charge in [-0.25, -0.2) is 0 Å². The first-order valence-electron chi connectivity index (χ1n) is 8.69. The lowest BCUT2D eigenvalue weighted by Gasteiger charge is -2.57. The second-order valence-electron chi connectivity index (χ2n) is 6.88. The molecule has 23 heavy (non-hydrogen) atoms. The summed E-state index contributed by atoms with van der Waals surface area (Å²) in [4.78, 5) is 27.1. The highest BCUT2D eigenvalue weighted by atomic mass is 16.5. The summed E-state index contributed by atoms with van der Waals surface area (Å²) in [7, 11) is 0. The average molecular weight is 318 g/mol. The number of aromatic nitrogens is 1. The Labute approximate surface area is 136 Å². The smallest absolute Gasteiger partial charge is 0.260 e. The molecular weight excluding hydrogens is 292 g/mol. The fourth-order valence-electron chi connectivity index (χ4n) is 4.25. The molecule has 2 atom stereocenters. The van der Waals surface area contributed by atoms with Gasteiger partial charge in [0.2, 0.25) is 0 Å². The highest BCUT2D eigenvalue weighted by Gasteiger charge is 2.56. The molecule has 5 heteroatoms. The van der Waals surface area contributed by atoms with Crippen LogP contribution in [0.2, 0.25) is 0 Å². The minimum atomic E-state index is -0.319. The average Bonchev–Trinajstić information content (AvgIpc) is 2.54. The predicted octanol–water partition coefficient (Wildman–Crippen LogP) is 2.54. The zero-order valence-electron chi connectivity index (χ0n) is 14.0. The molecule has 0 aliphatic heterocycles. The number of H-pyrrole nitrogens is 1. The van der Waals surface area contributed by atoms with Crippen molar-refractivity contribution in [3.63, 3.8) is 0 Å². The van der Waals surface area contributed by atoms with Gasteiger partial charge < -0.3 is 15.0 Å². The number of carbonyl (C=O) groups excluding carboxylic acids is 1. The summed E-state index contributed by atoms with van der Waals surface area (Å²) in [6.07, 6.45) is 6.96. The lowest BCUT2D eigenvalue weighted by molar-refractivity contribution is -0.146. The normalized spacial score (nSPS) is 25.8. The molecule has 2 fully saturated rings. The summed E-state index contributed by atoms with van der Waals surface area (Å²) in [6.45, 7) is 4.54. The zero-order valence-corrected chi connectivity index (χ0v) is 14.0. The lowest BCUT2D eigenvalue weighted by Crippen LogP contribution is -2.65. The largest absolute Gasteiger partial charge is 0.378 e. The van der Waals surface area contributed by atoms with Gasteiger partial charge >= 0.3 is 0 Å². The highest BCUT2D eigenvalue weighted by Crippen LogP contribution is 2.53. The Morgan fingerprint density at radius 2 is 2.09 bits per heavy atom. The van der Waals surface area contributed by atoms with E-state index in [0.29, 0.717) is 6.61 Å². The summed E-state index contributed by atoms with van der Waals surface area (Å²) in [5.41, 5.74) is 0.708. The highest BCUT2D eigenvalue weighted by molar-refractivity contribution is 5.94. The van der Waals surface area contributed by atoms with Crippen molar-refractivity contribution in [2.75, 3.05) is 6.61 Å². The van der Waals surface area contributed by atoms with Crippen molar-refractivity contribution < 1.29 is 9.53 Å². The van der Waals surface area contributed by atoms with Crippen LogP contribution in [-0.2, 0) is 4.74 Å². The second kappa shape index (κ2) is 6.48. The molecule has 0 aromatic carbocycles. The minimum Gasteiger partial charge on any atom is -0.378 e. The molecular formula is C18H26N2O3. The molecule has 1 heterocycles. The van der Waals surface area contributed by atoms with Crippen LogP contribution in [0.5, 0.6) is 0 Å². The second-order valence-corrected chi connectivity index (χ2v) is 6.88. The van der Waals surface area contributed by atoms with Gasteiger partial charge in [0.25, 0.3) is 11.5 Å². The van der Waals surface area contributed by atoms with Crippen LogP contribution >= 0.6 is 0 Å². The summed E-state index contributed by atoms with van der Waals surface area (Å²) < 4.78 is 5.91. The third-order valence-electron chi connectivity index (χ3n) is 5.54. The van der Waals surface area contributed by atoms with E-state index in [0.717, 1.165) is 25.0 Å². The van der Waals surface area contributed by atoms with Crippen molar-refractivity contribution in [1.29, 1.82) is 0 Å². The number of carbonyl (C=O) groups is 1. The summed E-state index contributed by atoms with van der Waals surface area (Å²) in [5.74, 6) is -0.267. The maximum Gasteiger partial charge on any atom is 0.260 e. The van der Waals surface area contributed by atoms with Gasteiger partial charge in [-0.2, -0.15) is 0 Å². The van der Waals surface area contributed by atoms with Gasteiger partial charge in [0.1, 0.15) is 5.56 Å². The van der Waals surface area contributed by atoms with Crippen molar-refractivity contribution in [2.24, 2.45) is 5.41 Å². The number of pyridine rings is 1. The topological polar surface area (TPSA) is 71.2 Å². The molecule has 5 nitrogen and oxygen atoms in total. The van der Waals surface area contributed by atoms with Crippen LogP contribution in [-0.4, -0.2) is 29.6 Å². The van der Waals surface area contributed by atoms with Crippen LogP contribution in [0.15, 0.2) is 16.9 Å². The Bertz CT molecular complexity index is 631. The lowest BCUT2D eigenvalue weighted by atomic mass is 9.55. The van der Waals surface area contributed by atoms with E-state index >= 15 is 0 Å². The van der Waals surface area contributed by atoms with E-state index in [1.165, 1.54) is 19.3 Å². The monoisotopic (exact) mass is 318 g/mol. The standard InChI is InChI=1S/C18H26N2O3/c1-3-23-15-11-14(18(15)9-5-4-6-10-18)20-17(22)13-8-7-12(2)19-16(13)21/h7-8,14-15H,3-6,9-11H2,1-2H3,(H,19,21)(H,20,22). The van der Waals surface area contributed by atoms with E-state index in [2.05, 4.69) is 10.3 Å². The quantitative estimate of drug-likeness (QED) is 0.896. The Hall–Kier alpha value is -1.62. The molecule has 1 amide bonds. The van der Waals surface area contributed by atoms with Crippen LogP contribution in [0.4, 0.5) is 0 Å². The van der Waals surface area contributed by atoms with Crippen LogP contribution < -0.4 is 10.9 Å². The van der Waals surface area contributed by atoms with E-state index in [1.54, 1.807) is 19.1 Å². The Balaban J connectivity index is 1.74. The van der Waals surface area contributed by atoms with Gasteiger partial charge in [-0.05, 0) is 45.2 Å². The van der Waals surface area contributed by atoms with Crippen molar-refractivity contribution in [3.05, 3.63) is 33.7 Å². The Morgan fingerprint density at radius 3 is 2.74 bits per heavy atom. The van der Waals surface area contributed by atoms with Crippen molar-refractivity contribution in [1.82, 2.24) is 10.3 Å². The number of ether oxygens (including phenoxy) is 1. The van der Waals surface area contributed by atoms with Crippen molar-refractivity contribution in [2.45, 2.75) is 64.5 Å². The Morgan fingerprint density at radius 1 is 1.35 bits per heavy atom. The molecule has 2 aliphatic carbocycles. The van der Waals surface area contributed by atoms with Gasteiger partial charge in [-0.3, -0.25) is 9.59 Å². The summed E-state index contributed by atoms with van der Waals surface area (Å²) in [5, 5.41) is 3.10. The van der Waals surface area contributed by atoms with E-state index in [4.69, 9.17) is 4.74 Å². The zero-order chi connectivity index (χ0) is 16.4. The molecule has 1 aromatic rings. The number of aryl methyl sites for hydroxylation is 1. The maximum atomic E-state index is 12.5. The van der Waals surface area contributed by atoms with E-state index in [-0.39, 0.29) is 34.6 Å². The number of hydrogen-bond donors (Lipinski definition) is 2. The van der Waals surface area contributed by atoms with Crippen molar-refractivity contribution in [3.8, 4) is 0 Å². The molecule has 1 aromatic heterocycles. The first kappa shape index (κ1) is 16.2. The number of hydrogen-bond acceptors (Lipinski definition) is 3. The SMILES string of the molecule is CCOC1CC(NC(=O)c2ccc(C)[nH]c2=O)C12CCCCC2. The molecule has 0 saturated heterocycles. The molecule has 126 valence electrons. The van der Waals surface area contributed by atoms with E-state index in [9.17, 15) is 9.59 Å². The van der Waals surface area contributed by atoms with Gasteiger partial charge in [-0.15, -0.1) is 0 Å². The molecule has 0 bridgehead atoms. The minimum absolute atomic E-state index is 0.0708. The fraction of sp³-hybridized carbons (Fsp3) is 0.667. The van der Waals surface area contributed by atoms with Gasteiger partial charge in [0, 0.05) is 23.8 Å². The fourth-order valence-corrected chi connectivity index (χ4v) is 4.25. The summed E-state index contributed by atoms with van der Waals surface area (Å²) in [6, 6.07) is 3.49. The Kier molecular flexibility index (Phi) is 4.57. The molecule has 2 N–H and O–H groups in total. The third-order valence-corrected chi connectivity index (χ3v) is 5.54. The number of nitrogens with one attached hydrogen (secondary N) is 2. The first-order chi connectivity index (χ1) is 11.1. The number of amides is 1. The van der Waals surface area contributed by atoms with E-state index in [1.807, 2.05) is 6.92 Å². The molecule has 2 unspecified atom stereocenters. The molecule has 3 rings (SSSR count). The van der Waals surface area contributed by atoms with Crippen LogP contribution in [0.1, 0.15) is 61.5 Å². The van der Waals surface area contributed by atoms with Gasteiger partial charge in [0.05, 0.1) is 6.10 Å². The van der Waals surface area contributed by atoms with Crippen LogP contribution in [0.3, 0.4) is 0 Å². The molecule has 2 aliphatic rings. The van der Waals surface area contributed by atoms with Crippen molar-refractivity contribution >= 4 is 5.91 Å². The van der Waals surface area contributed by atoms with Crippen LogP contribution in [0, 0.1) is 12.3 Å².